The molecule has 0 radical (unpaired) electrons. The maximum absolute atomic E-state index is 8.65. The lowest BCUT2D eigenvalue weighted by Crippen LogP contribution is -2.44. The maximum atomic E-state index is 8.65. The molecule has 0 aromatic rings. The second-order valence-electron chi connectivity index (χ2n) is 2.92. The van der Waals surface area contributed by atoms with E-state index in [1.165, 1.54) is 0 Å². The van der Waals surface area contributed by atoms with Crippen molar-refractivity contribution < 1.29 is 10.3 Å². The van der Waals surface area contributed by atoms with Gasteiger partial charge in [0.2, 0.25) is 0 Å². The minimum absolute atomic E-state index is 0.0579. The molecule has 3 N–H and O–H groups in total. The molecule has 0 saturated carbocycles. The van der Waals surface area contributed by atoms with E-state index < -0.39 is 5.54 Å². The Balaban J connectivity index is 3.80. The average molecular weight is 133 g/mol. The summed E-state index contributed by atoms with van der Waals surface area (Å²) in [4.78, 5) is 0. The van der Waals surface area contributed by atoms with Crippen LogP contribution >= 0.6 is 0 Å². The third-order valence-electron chi connectivity index (χ3n) is 1.79. The van der Waals surface area contributed by atoms with Crippen molar-refractivity contribution in [3.05, 3.63) is 0 Å². The summed E-state index contributed by atoms with van der Waals surface area (Å²) < 4.78 is 0. The fourth-order valence-electron chi connectivity index (χ4n) is 0.338. The summed E-state index contributed by atoms with van der Waals surface area (Å²) in [6, 6.07) is 0. The molecule has 0 amide bonds. The van der Waals surface area contributed by atoms with Gasteiger partial charge in [-0.1, -0.05) is 6.92 Å². The molecule has 0 aliphatic carbocycles. The Morgan fingerprint density at radius 3 is 2.11 bits per heavy atom. The van der Waals surface area contributed by atoms with Crippen LogP contribution in [0.5, 0.6) is 0 Å². The normalized spacial score (nSPS) is 15.7. The van der Waals surface area contributed by atoms with E-state index in [9.17, 15) is 0 Å². The fraction of sp³-hybridized carbons (Fsp3) is 1.00. The van der Waals surface area contributed by atoms with Gasteiger partial charge in [-0.25, -0.2) is 0 Å². The molecule has 3 heteroatoms. The summed E-state index contributed by atoms with van der Waals surface area (Å²) in [5, 5.41) is 17.2. The number of hydrogen-bond donors (Lipinski definition) is 3. The molecule has 0 spiro atoms. The zero-order valence-electron chi connectivity index (χ0n) is 6.18. The van der Waals surface area contributed by atoms with Gasteiger partial charge in [-0.15, -0.1) is 0 Å². The third kappa shape index (κ3) is 2.30. The summed E-state index contributed by atoms with van der Waals surface area (Å²) in [6.07, 6.45) is 0. The van der Waals surface area contributed by atoms with E-state index in [4.69, 9.17) is 10.3 Å². The molecule has 0 heterocycles. The number of aliphatic hydroxyl groups is 1. The monoisotopic (exact) mass is 133 g/mol. The number of hydrogen-bond acceptors (Lipinski definition) is 3. The standard InChI is InChI=1S/C6H15NO2/c1-5(4-8)6(2,3)7-9/h5,7-9H,4H2,1-3H3. The molecule has 9 heavy (non-hydrogen) atoms. The minimum Gasteiger partial charge on any atom is -0.396 e. The Morgan fingerprint density at radius 1 is 1.56 bits per heavy atom. The highest BCUT2D eigenvalue weighted by molar-refractivity contribution is 4.78. The Kier molecular flexibility index (Phi) is 3.11. The second-order valence-corrected chi connectivity index (χ2v) is 2.92. The Labute approximate surface area is 55.7 Å². The Morgan fingerprint density at radius 2 is 2.00 bits per heavy atom. The molecule has 0 aliphatic rings. The zero-order valence-corrected chi connectivity index (χ0v) is 6.18. The highest BCUT2D eigenvalue weighted by Gasteiger charge is 2.23. The van der Waals surface area contributed by atoms with Gasteiger partial charge in [0.15, 0.2) is 0 Å². The van der Waals surface area contributed by atoms with Crippen LogP contribution in [0.3, 0.4) is 0 Å². The first-order chi connectivity index (χ1) is 4.04. The molecule has 0 aromatic heterocycles. The summed E-state index contributed by atoms with van der Waals surface area (Å²) >= 11 is 0. The van der Waals surface area contributed by atoms with Gasteiger partial charge in [0.05, 0.1) is 0 Å². The second kappa shape index (κ2) is 3.15. The molecular formula is C6H15NO2. The van der Waals surface area contributed by atoms with E-state index in [0.717, 1.165) is 0 Å². The van der Waals surface area contributed by atoms with Gasteiger partial charge in [-0.05, 0) is 19.8 Å². The highest BCUT2D eigenvalue weighted by Crippen LogP contribution is 2.13. The van der Waals surface area contributed by atoms with E-state index >= 15 is 0 Å². The van der Waals surface area contributed by atoms with Gasteiger partial charge in [0.1, 0.15) is 0 Å². The summed E-state index contributed by atoms with van der Waals surface area (Å²) in [7, 11) is 0. The van der Waals surface area contributed by atoms with Crippen molar-refractivity contribution >= 4 is 0 Å². The average Bonchev–Trinajstić information content (AvgIpc) is 1.86. The minimum atomic E-state index is -0.394. The van der Waals surface area contributed by atoms with Gasteiger partial charge in [-0.2, -0.15) is 5.48 Å². The van der Waals surface area contributed by atoms with E-state index in [1.54, 1.807) is 0 Å². The first-order valence-corrected chi connectivity index (χ1v) is 3.06. The van der Waals surface area contributed by atoms with Crippen LogP contribution < -0.4 is 5.48 Å². The molecule has 0 saturated heterocycles. The van der Waals surface area contributed by atoms with Crippen LogP contribution in [0.15, 0.2) is 0 Å². The third-order valence-corrected chi connectivity index (χ3v) is 1.79. The van der Waals surface area contributed by atoms with E-state index in [1.807, 2.05) is 20.8 Å². The number of rotatable bonds is 3. The van der Waals surface area contributed by atoms with E-state index in [-0.39, 0.29) is 12.5 Å². The lowest BCUT2D eigenvalue weighted by Gasteiger charge is -2.28. The largest absolute Gasteiger partial charge is 0.396 e. The van der Waals surface area contributed by atoms with Gasteiger partial charge in [0.25, 0.3) is 0 Å². The molecule has 0 rings (SSSR count). The lowest BCUT2D eigenvalue weighted by atomic mass is 9.91. The molecule has 3 nitrogen and oxygen atoms in total. The molecule has 0 fully saturated rings. The predicted molar refractivity (Wildman–Crippen MR) is 35.3 cm³/mol. The van der Waals surface area contributed by atoms with Crippen LogP contribution in [-0.4, -0.2) is 22.5 Å². The van der Waals surface area contributed by atoms with Crippen LogP contribution in [0.25, 0.3) is 0 Å². The number of hydroxylamine groups is 1. The van der Waals surface area contributed by atoms with Crippen LogP contribution in [0, 0.1) is 5.92 Å². The maximum Gasteiger partial charge on any atom is 0.0474 e. The first-order valence-electron chi connectivity index (χ1n) is 3.06. The highest BCUT2D eigenvalue weighted by atomic mass is 16.5. The quantitative estimate of drug-likeness (QED) is 0.488. The SMILES string of the molecule is CC(CO)C(C)(C)NO. The van der Waals surface area contributed by atoms with Crippen LogP contribution in [0.4, 0.5) is 0 Å². The Bertz CT molecular complexity index is 83.1. The van der Waals surface area contributed by atoms with Crippen molar-refractivity contribution in [2.75, 3.05) is 6.61 Å². The topological polar surface area (TPSA) is 52.5 Å². The van der Waals surface area contributed by atoms with Crippen molar-refractivity contribution in [1.82, 2.24) is 5.48 Å². The first kappa shape index (κ1) is 8.88. The van der Waals surface area contributed by atoms with Crippen LogP contribution in [0.1, 0.15) is 20.8 Å². The van der Waals surface area contributed by atoms with Crippen molar-refractivity contribution in [2.45, 2.75) is 26.3 Å². The number of nitrogens with one attached hydrogen (secondary N) is 1. The predicted octanol–water partition coefficient (Wildman–Crippen LogP) is 0.372. The van der Waals surface area contributed by atoms with Crippen molar-refractivity contribution in [3.8, 4) is 0 Å². The van der Waals surface area contributed by atoms with E-state index in [2.05, 4.69) is 5.48 Å². The molecular weight excluding hydrogens is 118 g/mol. The van der Waals surface area contributed by atoms with Crippen LogP contribution in [0.2, 0.25) is 0 Å². The van der Waals surface area contributed by atoms with Gasteiger partial charge in [-0.3, -0.25) is 0 Å². The molecule has 0 bridgehead atoms. The smallest absolute Gasteiger partial charge is 0.0474 e. The molecule has 1 unspecified atom stereocenters. The van der Waals surface area contributed by atoms with Gasteiger partial charge in [0, 0.05) is 12.1 Å². The lowest BCUT2D eigenvalue weighted by molar-refractivity contribution is 0.0307. The Hall–Kier alpha value is -0.120. The van der Waals surface area contributed by atoms with Crippen molar-refractivity contribution in [2.24, 2.45) is 5.92 Å². The fourth-order valence-corrected chi connectivity index (χ4v) is 0.338. The summed E-state index contributed by atoms with van der Waals surface area (Å²) in [5.41, 5.74) is 1.74. The van der Waals surface area contributed by atoms with Crippen molar-refractivity contribution in [3.63, 3.8) is 0 Å². The van der Waals surface area contributed by atoms with Gasteiger partial charge >= 0.3 is 0 Å². The van der Waals surface area contributed by atoms with E-state index in [0.29, 0.717) is 0 Å². The van der Waals surface area contributed by atoms with Gasteiger partial charge < -0.3 is 10.3 Å². The van der Waals surface area contributed by atoms with Crippen LogP contribution in [-0.2, 0) is 0 Å². The van der Waals surface area contributed by atoms with Crippen molar-refractivity contribution in [1.29, 1.82) is 0 Å². The molecule has 0 aliphatic heterocycles. The number of aliphatic hydroxyl groups excluding tert-OH is 1. The molecule has 0 aromatic carbocycles. The molecule has 56 valence electrons. The summed E-state index contributed by atoms with van der Waals surface area (Å²) in [5.74, 6) is 0.0579. The zero-order chi connectivity index (χ0) is 7.49. The summed E-state index contributed by atoms with van der Waals surface area (Å²) in [6.45, 7) is 5.60. The molecule has 1 atom stereocenters.